The molecule has 0 saturated carbocycles. The molecule has 0 fully saturated rings. The van der Waals surface area contributed by atoms with Crippen LogP contribution in [0.4, 0.5) is 37.8 Å². The molecule has 1 amide bonds. The molecule has 2 atom stereocenters. The normalized spacial score (nSPS) is 18.1. The molecule has 2 N–H and O–H groups in total. The number of hydrogen-bond acceptors (Lipinski definition) is 4. The summed E-state index contributed by atoms with van der Waals surface area (Å²) < 4.78 is 86.3. The average molecular weight is 484 g/mol. The molecule has 3 aromatic rings. The minimum absolute atomic E-state index is 0.160. The van der Waals surface area contributed by atoms with Gasteiger partial charge in [-0.2, -0.15) is 31.4 Å². The number of benzene rings is 2. The summed E-state index contributed by atoms with van der Waals surface area (Å²) in [6, 6.07) is 7.57. The lowest BCUT2D eigenvalue weighted by Gasteiger charge is -2.34. The minimum Gasteiger partial charge on any atom is -0.497 e. The van der Waals surface area contributed by atoms with Crippen molar-refractivity contribution in [2.75, 3.05) is 17.7 Å². The Balaban J connectivity index is 1.67. The van der Waals surface area contributed by atoms with E-state index in [4.69, 9.17) is 4.74 Å². The van der Waals surface area contributed by atoms with Crippen molar-refractivity contribution in [1.29, 1.82) is 0 Å². The molecule has 0 bridgehead atoms. The minimum atomic E-state index is -4.66. The van der Waals surface area contributed by atoms with Crippen LogP contribution < -0.4 is 15.4 Å². The Bertz CT molecular complexity index is 1200. The second kappa shape index (κ2) is 8.58. The Hall–Kier alpha value is -3.70. The monoisotopic (exact) mass is 484 g/mol. The van der Waals surface area contributed by atoms with Crippen LogP contribution in [0.1, 0.15) is 40.0 Å². The maximum Gasteiger partial charge on any atom is 0.416 e. The van der Waals surface area contributed by atoms with Gasteiger partial charge in [0.25, 0.3) is 5.91 Å². The largest absolute Gasteiger partial charge is 0.497 e. The van der Waals surface area contributed by atoms with Crippen molar-refractivity contribution in [3.8, 4) is 5.75 Å². The zero-order valence-corrected chi connectivity index (χ0v) is 17.5. The summed E-state index contributed by atoms with van der Waals surface area (Å²) in [4.78, 5) is 12.8. The lowest BCUT2D eigenvalue weighted by atomic mass is 9.96. The number of nitrogens with one attached hydrogen (secondary N) is 2. The van der Waals surface area contributed by atoms with Crippen molar-refractivity contribution in [2.24, 2.45) is 0 Å². The standard InChI is InChI=1S/C22H18F6N4O2/c1-34-15-7-2-4-12(8-15)17-10-18(22(26,27)28)32-19(31-17)16(11-29-32)20(33)30-14-6-3-5-13(9-14)21(23,24)25/h2-9,11,17-18,31H,10H2,1H3,(H,30,33)/t17-,18-/m0/s1. The molecule has 4 rings (SSSR count). The molecule has 0 spiro atoms. The first kappa shape index (κ1) is 23.5. The number of carbonyl (C=O) groups excluding carboxylic acids is 1. The summed E-state index contributed by atoms with van der Waals surface area (Å²) in [5.74, 6) is -0.643. The molecule has 2 heterocycles. The molecule has 2 aromatic carbocycles. The van der Waals surface area contributed by atoms with Gasteiger partial charge in [0.05, 0.1) is 24.9 Å². The zero-order chi connectivity index (χ0) is 24.7. The van der Waals surface area contributed by atoms with Crippen LogP contribution in [0.15, 0.2) is 54.7 Å². The van der Waals surface area contributed by atoms with Crippen LogP contribution in [0.5, 0.6) is 5.75 Å². The lowest BCUT2D eigenvalue weighted by molar-refractivity contribution is -0.173. The first-order valence-electron chi connectivity index (χ1n) is 10.0. The number of hydrogen-bond donors (Lipinski definition) is 2. The number of nitrogens with zero attached hydrogens (tertiary/aromatic N) is 2. The van der Waals surface area contributed by atoms with Gasteiger partial charge in [-0.1, -0.05) is 18.2 Å². The fraction of sp³-hybridized carbons (Fsp3) is 0.273. The molecule has 1 aromatic heterocycles. The Kier molecular flexibility index (Phi) is 5.92. The third-order valence-electron chi connectivity index (χ3n) is 5.43. The van der Waals surface area contributed by atoms with Gasteiger partial charge in [0.2, 0.25) is 0 Å². The van der Waals surface area contributed by atoms with E-state index < -0.39 is 35.9 Å². The highest BCUT2D eigenvalue weighted by Crippen LogP contribution is 2.44. The molecule has 0 radical (unpaired) electrons. The molecule has 34 heavy (non-hydrogen) atoms. The Morgan fingerprint density at radius 2 is 1.85 bits per heavy atom. The Morgan fingerprint density at radius 1 is 1.12 bits per heavy atom. The van der Waals surface area contributed by atoms with Gasteiger partial charge < -0.3 is 15.4 Å². The van der Waals surface area contributed by atoms with Crippen molar-refractivity contribution in [3.05, 3.63) is 71.4 Å². The summed E-state index contributed by atoms with van der Waals surface area (Å²) in [6.45, 7) is 0. The van der Waals surface area contributed by atoms with E-state index in [1.165, 1.54) is 13.2 Å². The van der Waals surface area contributed by atoms with Gasteiger partial charge in [0, 0.05) is 12.1 Å². The van der Waals surface area contributed by atoms with E-state index in [1.807, 2.05) is 0 Å². The van der Waals surface area contributed by atoms with E-state index in [-0.39, 0.29) is 23.5 Å². The summed E-state index contributed by atoms with van der Waals surface area (Å²) >= 11 is 0. The molecular formula is C22H18F6N4O2. The number of amides is 1. The zero-order valence-electron chi connectivity index (χ0n) is 17.5. The number of ether oxygens (including phenoxy) is 1. The molecular weight excluding hydrogens is 466 g/mol. The maximum atomic E-state index is 13.8. The van der Waals surface area contributed by atoms with E-state index in [2.05, 4.69) is 15.7 Å². The van der Waals surface area contributed by atoms with Crippen LogP contribution in [-0.2, 0) is 6.18 Å². The third-order valence-corrected chi connectivity index (χ3v) is 5.43. The number of alkyl halides is 6. The first-order chi connectivity index (χ1) is 16.0. The van der Waals surface area contributed by atoms with Gasteiger partial charge in [0.1, 0.15) is 17.1 Å². The molecule has 0 aliphatic carbocycles. The maximum absolute atomic E-state index is 13.8. The Morgan fingerprint density at radius 3 is 2.53 bits per heavy atom. The summed E-state index contributed by atoms with van der Waals surface area (Å²) in [5.41, 5.74) is -0.868. The van der Waals surface area contributed by atoms with E-state index >= 15 is 0 Å². The van der Waals surface area contributed by atoms with Gasteiger partial charge in [0.15, 0.2) is 6.04 Å². The van der Waals surface area contributed by atoms with Crippen LogP contribution in [0, 0.1) is 0 Å². The van der Waals surface area contributed by atoms with Crippen LogP contribution in [-0.4, -0.2) is 29.0 Å². The number of carbonyl (C=O) groups is 1. The second-order valence-corrected chi connectivity index (χ2v) is 7.65. The molecule has 1 aliphatic rings. The van der Waals surface area contributed by atoms with Gasteiger partial charge in [-0.15, -0.1) is 0 Å². The van der Waals surface area contributed by atoms with Crippen LogP contribution >= 0.6 is 0 Å². The van der Waals surface area contributed by atoms with Gasteiger partial charge >= 0.3 is 12.4 Å². The van der Waals surface area contributed by atoms with Gasteiger partial charge in [-0.05, 0) is 35.9 Å². The number of aromatic nitrogens is 2. The first-order valence-corrected chi connectivity index (χ1v) is 10.0. The van der Waals surface area contributed by atoms with Crippen molar-refractivity contribution < 1.29 is 35.9 Å². The number of anilines is 2. The van der Waals surface area contributed by atoms with E-state index in [1.54, 1.807) is 24.3 Å². The molecule has 12 heteroatoms. The number of rotatable bonds is 4. The summed E-state index contributed by atoms with van der Waals surface area (Å²) in [6.07, 6.45) is -8.71. The van der Waals surface area contributed by atoms with E-state index in [9.17, 15) is 31.1 Å². The fourth-order valence-electron chi connectivity index (χ4n) is 3.78. The highest BCUT2D eigenvalue weighted by molar-refractivity contribution is 6.07. The smallest absolute Gasteiger partial charge is 0.416 e. The number of fused-ring (bicyclic) bond motifs is 1. The molecule has 180 valence electrons. The van der Waals surface area contributed by atoms with Crippen molar-refractivity contribution in [1.82, 2.24) is 9.78 Å². The van der Waals surface area contributed by atoms with E-state index in [0.717, 1.165) is 24.4 Å². The fourth-order valence-corrected chi connectivity index (χ4v) is 3.78. The van der Waals surface area contributed by atoms with Gasteiger partial charge in [-0.3, -0.25) is 4.79 Å². The number of methoxy groups -OCH3 is 1. The highest BCUT2D eigenvalue weighted by atomic mass is 19.4. The van der Waals surface area contributed by atoms with Crippen molar-refractivity contribution in [3.63, 3.8) is 0 Å². The highest BCUT2D eigenvalue weighted by Gasteiger charge is 2.47. The van der Waals surface area contributed by atoms with Crippen LogP contribution in [0.3, 0.4) is 0 Å². The molecule has 1 aliphatic heterocycles. The summed E-state index contributed by atoms with van der Waals surface area (Å²) in [7, 11) is 1.43. The van der Waals surface area contributed by atoms with E-state index in [0.29, 0.717) is 16.0 Å². The number of halogens is 6. The second-order valence-electron chi connectivity index (χ2n) is 7.65. The predicted octanol–water partition coefficient (Wildman–Crippen LogP) is 5.82. The van der Waals surface area contributed by atoms with Crippen LogP contribution in [0.2, 0.25) is 0 Å². The topological polar surface area (TPSA) is 68.2 Å². The summed E-state index contributed by atoms with van der Waals surface area (Å²) in [5, 5.41) is 8.98. The van der Waals surface area contributed by atoms with Crippen LogP contribution in [0.25, 0.3) is 0 Å². The van der Waals surface area contributed by atoms with Gasteiger partial charge in [-0.25, -0.2) is 4.68 Å². The average Bonchev–Trinajstić information content (AvgIpc) is 3.21. The predicted molar refractivity (Wildman–Crippen MR) is 111 cm³/mol. The SMILES string of the molecule is COc1cccc([C@@H]2C[C@@H](C(F)(F)F)n3ncc(C(=O)Nc4cccc(C(F)(F)F)c4)c3N2)c1. The quantitative estimate of drug-likeness (QED) is 0.458. The Labute approximate surface area is 189 Å². The molecule has 0 saturated heterocycles. The van der Waals surface area contributed by atoms with Crippen molar-refractivity contribution in [2.45, 2.75) is 30.9 Å². The third kappa shape index (κ3) is 4.66. The molecule has 0 unspecified atom stereocenters. The lowest BCUT2D eigenvalue weighted by Crippen LogP contribution is -2.36. The van der Waals surface area contributed by atoms with Crippen molar-refractivity contribution >= 4 is 17.4 Å². The molecule has 6 nitrogen and oxygen atoms in total.